The molecule has 6 nitrogen and oxygen atoms in total. The van der Waals surface area contributed by atoms with Crippen molar-refractivity contribution in [1.82, 2.24) is 15.1 Å². The van der Waals surface area contributed by atoms with Crippen LogP contribution in [0.1, 0.15) is 30.2 Å². The molecule has 0 radical (unpaired) electrons. The summed E-state index contributed by atoms with van der Waals surface area (Å²) in [5.41, 5.74) is 3.03. The Morgan fingerprint density at radius 1 is 1.36 bits per heavy atom. The topological polar surface area (TPSA) is 73.2 Å². The lowest BCUT2D eigenvalue weighted by Crippen LogP contribution is -2.39. The monoisotopic (exact) mass is 341 g/mol. The van der Waals surface area contributed by atoms with E-state index in [0.29, 0.717) is 18.8 Å². The quantitative estimate of drug-likeness (QED) is 0.867. The van der Waals surface area contributed by atoms with E-state index in [-0.39, 0.29) is 11.5 Å². The number of nitrogens with zero attached hydrogens (tertiary/aromatic N) is 2. The number of hydrogen-bond donors (Lipinski definition) is 1. The van der Waals surface area contributed by atoms with E-state index < -0.39 is 6.10 Å². The van der Waals surface area contributed by atoms with Gasteiger partial charge in [0.25, 0.3) is 11.5 Å². The molecule has 1 unspecified atom stereocenters. The van der Waals surface area contributed by atoms with Crippen LogP contribution in [-0.2, 0) is 24.2 Å². The van der Waals surface area contributed by atoms with Gasteiger partial charge >= 0.3 is 0 Å². The van der Waals surface area contributed by atoms with Crippen molar-refractivity contribution in [3.05, 3.63) is 57.5 Å². The number of benzene rings is 1. The summed E-state index contributed by atoms with van der Waals surface area (Å²) in [6.45, 7) is 4.37. The second-order valence-electron chi connectivity index (χ2n) is 6.40. The number of nitrogens with one attached hydrogen (secondary N) is 1. The highest BCUT2D eigenvalue weighted by molar-refractivity contribution is 5.80. The molecule has 1 heterocycles. The van der Waals surface area contributed by atoms with E-state index in [0.717, 1.165) is 36.1 Å². The van der Waals surface area contributed by atoms with Crippen LogP contribution in [0.3, 0.4) is 0 Å². The standard InChI is InChI=1S/C19H23N3O3/c1-13-5-3-7-16(11-13)25-14(2)19(24)20-9-10-22-18(23)12-15-6-4-8-17(15)21-22/h3,5,7,11-12,14H,4,6,8-10H2,1-2H3,(H,20,24). The molecule has 1 atom stereocenters. The predicted octanol–water partition coefficient (Wildman–Crippen LogP) is 1.62. The van der Waals surface area contributed by atoms with Crippen molar-refractivity contribution in [1.29, 1.82) is 0 Å². The molecular formula is C19H23N3O3. The normalized spacial score (nSPS) is 14.0. The second kappa shape index (κ2) is 7.51. The van der Waals surface area contributed by atoms with Crippen LogP contribution in [0.15, 0.2) is 35.1 Å². The fraction of sp³-hybridized carbons (Fsp3) is 0.421. The molecule has 25 heavy (non-hydrogen) atoms. The fourth-order valence-electron chi connectivity index (χ4n) is 2.97. The summed E-state index contributed by atoms with van der Waals surface area (Å²) in [6, 6.07) is 9.24. The first kappa shape index (κ1) is 17.2. The second-order valence-corrected chi connectivity index (χ2v) is 6.40. The van der Waals surface area contributed by atoms with E-state index in [1.54, 1.807) is 13.0 Å². The van der Waals surface area contributed by atoms with E-state index in [9.17, 15) is 9.59 Å². The molecule has 1 aromatic carbocycles. The van der Waals surface area contributed by atoms with Gasteiger partial charge in [-0.3, -0.25) is 9.59 Å². The van der Waals surface area contributed by atoms with Crippen molar-refractivity contribution in [3.8, 4) is 5.75 Å². The molecule has 1 aliphatic rings. The molecule has 1 N–H and O–H groups in total. The maximum Gasteiger partial charge on any atom is 0.267 e. The fourth-order valence-corrected chi connectivity index (χ4v) is 2.97. The Hall–Kier alpha value is -2.63. The first-order valence-corrected chi connectivity index (χ1v) is 8.64. The highest BCUT2D eigenvalue weighted by atomic mass is 16.5. The molecule has 0 spiro atoms. The maximum absolute atomic E-state index is 12.2. The summed E-state index contributed by atoms with van der Waals surface area (Å²) in [6.07, 6.45) is 2.30. The van der Waals surface area contributed by atoms with Crippen LogP contribution >= 0.6 is 0 Å². The summed E-state index contributed by atoms with van der Waals surface area (Å²) in [7, 11) is 0. The van der Waals surface area contributed by atoms with Gasteiger partial charge in [-0.05, 0) is 56.4 Å². The van der Waals surface area contributed by atoms with Gasteiger partial charge in [0.05, 0.1) is 12.2 Å². The molecule has 0 bridgehead atoms. The molecule has 0 fully saturated rings. The Balaban J connectivity index is 1.51. The van der Waals surface area contributed by atoms with Crippen molar-refractivity contribution in [2.24, 2.45) is 0 Å². The van der Waals surface area contributed by atoms with Crippen LogP contribution in [-0.4, -0.2) is 28.3 Å². The zero-order valence-corrected chi connectivity index (χ0v) is 14.6. The Labute approximate surface area is 146 Å². The lowest BCUT2D eigenvalue weighted by molar-refractivity contribution is -0.127. The third-order valence-electron chi connectivity index (χ3n) is 4.32. The minimum atomic E-state index is -0.605. The Bertz CT molecular complexity index is 829. The highest BCUT2D eigenvalue weighted by Gasteiger charge is 2.16. The molecule has 1 aromatic heterocycles. The molecule has 0 saturated carbocycles. The molecule has 0 saturated heterocycles. The lowest BCUT2D eigenvalue weighted by atomic mass is 10.2. The number of ether oxygens (including phenoxy) is 1. The van der Waals surface area contributed by atoms with Crippen LogP contribution in [0.4, 0.5) is 0 Å². The molecular weight excluding hydrogens is 318 g/mol. The van der Waals surface area contributed by atoms with Crippen molar-refractivity contribution >= 4 is 5.91 Å². The zero-order valence-electron chi connectivity index (χ0n) is 14.6. The van der Waals surface area contributed by atoms with E-state index >= 15 is 0 Å². The van der Waals surface area contributed by atoms with E-state index in [4.69, 9.17) is 4.74 Å². The van der Waals surface area contributed by atoms with Gasteiger partial charge in [0.2, 0.25) is 0 Å². The number of amides is 1. The van der Waals surface area contributed by atoms with Gasteiger partial charge in [-0.1, -0.05) is 12.1 Å². The molecule has 3 rings (SSSR count). The molecule has 6 heteroatoms. The van der Waals surface area contributed by atoms with Gasteiger partial charge in [-0.15, -0.1) is 0 Å². The Kier molecular flexibility index (Phi) is 5.16. The molecule has 132 valence electrons. The zero-order chi connectivity index (χ0) is 17.8. The van der Waals surface area contributed by atoms with Gasteiger partial charge in [0, 0.05) is 12.6 Å². The number of hydrogen-bond acceptors (Lipinski definition) is 4. The van der Waals surface area contributed by atoms with Gasteiger partial charge < -0.3 is 10.1 Å². The Morgan fingerprint density at radius 2 is 2.20 bits per heavy atom. The molecule has 1 aliphatic carbocycles. The first-order chi connectivity index (χ1) is 12.0. The van der Waals surface area contributed by atoms with Crippen LogP contribution < -0.4 is 15.6 Å². The number of carbonyl (C=O) groups is 1. The summed E-state index contributed by atoms with van der Waals surface area (Å²) in [5.74, 6) is 0.454. The average Bonchev–Trinajstić information content (AvgIpc) is 3.02. The van der Waals surface area contributed by atoms with E-state index in [1.165, 1.54) is 4.68 Å². The number of rotatable bonds is 6. The number of carbonyl (C=O) groups excluding carboxylic acids is 1. The summed E-state index contributed by atoms with van der Waals surface area (Å²) in [5, 5.41) is 7.19. The van der Waals surface area contributed by atoms with Gasteiger partial charge in [-0.25, -0.2) is 4.68 Å². The molecule has 0 aliphatic heterocycles. The maximum atomic E-state index is 12.2. The van der Waals surface area contributed by atoms with Crippen LogP contribution in [0.2, 0.25) is 0 Å². The Morgan fingerprint density at radius 3 is 3.00 bits per heavy atom. The van der Waals surface area contributed by atoms with E-state index in [2.05, 4.69) is 10.4 Å². The van der Waals surface area contributed by atoms with Crippen molar-refractivity contribution in [3.63, 3.8) is 0 Å². The summed E-state index contributed by atoms with van der Waals surface area (Å²) in [4.78, 5) is 24.2. The third-order valence-corrected chi connectivity index (χ3v) is 4.32. The van der Waals surface area contributed by atoms with E-state index in [1.807, 2.05) is 31.2 Å². The van der Waals surface area contributed by atoms with Crippen LogP contribution in [0, 0.1) is 6.92 Å². The number of fused-ring (bicyclic) bond motifs is 1. The van der Waals surface area contributed by atoms with Crippen LogP contribution in [0.5, 0.6) is 5.75 Å². The minimum absolute atomic E-state index is 0.112. The predicted molar refractivity (Wildman–Crippen MR) is 94.8 cm³/mol. The SMILES string of the molecule is Cc1cccc(OC(C)C(=O)NCCn2nc3c(cc2=O)CCC3)c1. The summed E-state index contributed by atoms with van der Waals surface area (Å²) < 4.78 is 7.07. The number of aromatic nitrogens is 2. The van der Waals surface area contributed by atoms with Crippen molar-refractivity contribution in [2.75, 3.05) is 6.54 Å². The van der Waals surface area contributed by atoms with Gasteiger partial charge in [-0.2, -0.15) is 5.10 Å². The van der Waals surface area contributed by atoms with Gasteiger partial charge in [0.1, 0.15) is 5.75 Å². The lowest BCUT2D eigenvalue weighted by Gasteiger charge is -2.15. The smallest absolute Gasteiger partial charge is 0.267 e. The largest absolute Gasteiger partial charge is 0.481 e. The summed E-state index contributed by atoms with van der Waals surface area (Å²) >= 11 is 0. The first-order valence-electron chi connectivity index (χ1n) is 8.64. The van der Waals surface area contributed by atoms with Crippen LogP contribution in [0.25, 0.3) is 0 Å². The highest BCUT2D eigenvalue weighted by Crippen LogP contribution is 2.17. The molecule has 2 aromatic rings. The molecule has 1 amide bonds. The number of aryl methyl sites for hydroxylation is 3. The van der Waals surface area contributed by atoms with Crippen molar-refractivity contribution < 1.29 is 9.53 Å². The average molecular weight is 341 g/mol. The van der Waals surface area contributed by atoms with Gasteiger partial charge in [0.15, 0.2) is 6.10 Å². The van der Waals surface area contributed by atoms with Crippen molar-refractivity contribution in [2.45, 2.75) is 45.8 Å². The third kappa shape index (κ3) is 4.26. The minimum Gasteiger partial charge on any atom is -0.481 e.